The highest BCUT2D eigenvalue weighted by atomic mass is 16.4. The number of likely N-dealkylation sites (tertiary alicyclic amines) is 1. The summed E-state index contributed by atoms with van der Waals surface area (Å²) < 4.78 is 0. The molecule has 1 atom stereocenters. The number of carboxylic acids is 1. The van der Waals surface area contributed by atoms with E-state index in [1.807, 2.05) is 0 Å². The number of carbonyl (C=O) groups excluding carboxylic acids is 2. The number of hydrogen-bond acceptors (Lipinski definition) is 4. The molecule has 1 aliphatic heterocycles. The van der Waals surface area contributed by atoms with Gasteiger partial charge in [0.05, 0.1) is 5.56 Å². The molecule has 1 saturated heterocycles. The van der Waals surface area contributed by atoms with E-state index < -0.39 is 5.97 Å². The van der Waals surface area contributed by atoms with Crippen LogP contribution in [0.15, 0.2) is 24.5 Å². The number of aromatic nitrogens is 1. The molecule has 7 heteroatoms. The Morgan fingerprint density at radius 2 is 2.13 bits per heavy atom. The number of aliphatic carboxylic acids is 1. The Morgan fingerprint density at radius 1 is 1.35 bits per heavy atom. The third-order valence-corrected chi connectivity index (χ3v) is 4.04. The Kier molecular flexibility index (Phi) is 5.67. The van der Waals surface area contributed by atoms with Gasteiger partial charge in [0.1, 0.15) is 6.54 Å². The van der Waals surface area contributed by atoms with E-state index >= 15 is 0 Å². The SMILES string of the molecule is CC(=O)N(CC(=O)O)C1CCCN(C(=O)c2cccnc2)CC1. The Morgan fingerprint density at radius 3 is 2.74 bits per heavy atom. The van der Waals surface area contributed by atoms with Crippen molar-refractivity contribution in [3.05, 3.63) is 30.1 Å². The van der Waals surface area contributed by atoms with Crippen LogP contribution in [-0.4, -0.2) is 63.4 Å². The van der Waals surface area contributed by atoms with Gasteiger partial charge in [0.25, 0.3) is 5.91 Å². The molecule has 1 aromatic rings. The molecule has 1 N–H and O–H groups in total. The molecule has 0 aromatic carbocycles. The first-order chi connectivity index (χ1) is 11.0. The highest BCUT2D eigenvalue weighted by Crippen LogP contribution is 2.18. The minimum absolute atomic E-state index is 0.0774. The predicted molar refractivity (Wildman–Crippen MR) is 82.8 cm³/mol. The Hall–Kier alpha value is -2.44. The Balaban J connectivity index is 2.02. The number of amides is 2. The summed E-state index contributed by atoms with van der Waals surface area (Å²) in [6, 6.07) is 3.30. The molecule has 2 amide bonds. The van der Waals surface area contributed by atoms with Crippen LogP contribution in [0.4, 0.5) is 0 Å². The van der Waals surface area contributed by atoms with Gasteiger partial charge in [-0.2, -0.15) is 0 Å². The molecule has 1 unspecified atom stereocenters. The second-order valence-electron chi connectivity index (χ2n) is 5.66. The summed E-state index contributed by atoms with van der Waals surface area (Å²) >= 11 is 0. The van der Waals surface area contributed by atoms with E-state index in [1.54, 1.807) is 23.2 Å². The smallest absolute Gasteiger partial charge is 0.323 e. The molecule has 1 fully saturated rings. The first-order valence-electron chi connectivity index (χ1n) is 7.67. The zero-order valence-electron chi connectivity index (χ0n) is 13.1. The average Bonchev–Trinajstić information content (AvgIpc) is 2.78. The van der Waals surface area contributed by atoms with Crippen molar-refractivity contribution in [3.8, 4) is 0 Å². The van der Waals surface area contributed by atoms with Gasteiger partial charge in [0.15, 0.2) is 0 Å². The minimum Gasteiger partial charge on any atom is -0.480 e. The van der Waals surface area contributed by atoms with Crippen molar-refractivity contribution in [1.82, 2.24) is 14.8 Å². The summed E-state index contributed by atoms with van der Waals surface area (Å²) in [7, 11) is 0. The van der Waals surface area contributed by atoms with E-state index in [4.69, 9.17) is 5.11 Å². The van der Waals surface area contributed by atoms with Gasteiger partial charge in [-0.3, -0.25) is 19.4 Å². The van der Waals surface area contributed by atoms with Crippen molar-refractivity contribution in [2.45, 2.75) is 32.2 Å². The molecule has 2 rings (SSSR count). The normalized spacial score (nSPS) is 18.1. The second-order valence-corrected chi connectivity index (χ2v) is 5.66. The van der Waals surface area contributed by atoms with E-state index in [2.05, 4.69) is 4.98 Å². The molecular weight excluding hydrogens is 298 g/mol. The molecule has 0 saturated carbocycles. The van der Waals surface area contributed by atoms with Crippen molar-refractivity contribution in [2.75, 3.05) is 19.6 Å². The molecule has 0 aliphatic carbocycles. The summed E-state index contributed by atoms with van der Waals surface area (Å²) in [6.07, 6.45) is 5.17. The van der Waals surface area contributed by atoms with Gasteiger partial charge >= 0.3 is 5.97 Å². The zero-order chi connectivity index (χ0) is 16.8. The standard InChI is InChI=1S/C16H21N3O4/c1-12(20)19(11-15(21)22)14-5-3-8-18(9-6-14)16(23)13-4-2-7-17-10-13/h2,4,7,10,14H,3,5-6,8-9,11H2,1H3,(H,21,22). The van der Waals surface area contributed by atoms with Crippen LogP contribution < -0.4 is 0 Å². The maximum absolute atomic E-state index is 12.5. The van der Waals surface area contributed by atoms with Crippen LogP contribution in [0.2, 0.25) is 0 Å². The monoisotopic (exact) mass is 319 g/mol. The number of rotatable bonds is 4. The largest absolute Gasteiger partial charge is 0.480 e. The van der Waals surface area contributed by atoms with E-state index in [-0.39, 0.29) is 24.4 Å². The molecule has 0 bridgehead atoms. The van der Waals surface area contributed by atoms with Crippen LogP contribution in [0.25, 0.3) is 0 Å². The van der Waals surface area contributed by atoms with Crippen LogP contribution in [0.5, 0.6) is 0 Å². The van der Waals surface area contributed by atoms with Crippen molar-refractivity contribution in [2.24, 2.45) is 0 Å². The van der Waals surface area contributed by atoms with Crippen molar-refractivity contribution >= 4 is 17.8 Å². The predicted octanol–water partition coefficient (Wildman–Crippen LogP) is 1.01. The van der Waals surface area contributed by atoms with Gasteiger partial charge in [0, 0.05) is 38.4 Å². The Labute approximate surface area is 134 Å². The van der Waals surface area contributed by atoms with Gasteiger partial charge in [0.2, 0.25) is 5.91 Å². The van der Waals surface area contributed by atoms with Crippen molar-refractivity contribution in [1.29, 1.82) is 0 Å². The number of hydrogen-bond donors (Lipinski definition) is 1. The minimum atomic E-state index is -1.02. The molecule has 7 nitrogen and oxygen atoms in total. The lowest BCUT2D eigenvalue weighted by atomic mass is 10.1. The van der Waals surface area contributed by atoms with Gasteiger partial charge in [-0.15, -0.1) is 0 Å². The van der Waals surface area contributed by atoms with Crippen LogP contribution in [0, 0.1) is 0 Å². The second kappa shape index (κ2) is 7.71. The third-order valence-electron chi connectivity index (χ3n) is 4.04. The summed E-state index contributed by atoms with van der Waals surface area (Å²) in [6.45, 7) is 2.19. The lowest BCUT2D eigenvalue weighted by Gasteiger charge is -2.28. The fraction of sp³-hybridized carbons (Fsp3) is 0.500. The highest BCUT2D eigenvalue weighted by Gasteiger charge is 2.27. The fourth-order valence-electron chi connectivity index (χ4n) is 2.91. The molecule has 1 aromatic heterocycles. The van der Waals surface area contributed by atoms with E-state index in [1.165, 1.54) is 18.0 Å². The maximum Gasteiger partial charge on any atom is 0.323 e. The maximum atomic E-state index is 12.5. The van der Waals surface area contributed by atoms with Crippen molar-refractivity contribution < 1.29 is 19.5 Å². The molecule has 23 heavy (non-hydrogen) atoms. The van der Waals surface area contributed by atoms with E-state index in [0.29, 0.717) is 31.5 Å². The lowest BCUT2D eigenvalue weighted by molar-refractivity contribution is -0.145. The molecular formula is C16H21N3O4. The summed E-state index contributed by atoms with van der Waals surface area (Å²) in [5, 5.41) is 8.96. The van der Waals surface area contributed by atoms with Gasteiger partial charge < -0.3 is 14.9 Å². The summed E-state index contributed by atoms with van der Waals surface area (Å²) in [4.78, 5) is 42.2. The number of nitrogens with zero attached hydrogens (tertiary/aromatic N) is 3. The van der Waals surface area contributed by atoms with E-state index in [9.17, 15) is 14.4 Å². The quantitative estimate of drug-likeness (QED) is 0.894. The van der Waals surface area contributed by atoms with Gasteiger partial charge in [-0.25, -0.2) is 0 Å². The topological polar surface area (TPSA) is 90.8 Å². The van der Waals surface area contributed by atoms with E-state index in [0.717, 1.165) is 6.42 Å². The lowest BCUT2D eigenvalue weighted by Crippen LogP contribution is -2.43. The van der Waals surface area contributed by atoms with Crippen LogP contribution in [0.3, 0.4) is 0 Å². The number of pyridine rings is 1. The Bertz CT molecular complexity index is 576. The molecule has 0 radical (unpaired) electrons. The van der Waals surface area contributed by atoms with Crippen molar-refractivity contribution in [3.63, 3.8) is 0 Å². The van der Waals surface area contributed by atoms with Gasteiger partial charge in [-0.05, 0) is 31.4 Å². The molecule has 2 heterocycles. The molecule has 0 spiro atoms. The molecule has 124 valence electrons. The first kappa shape index (κ1) is 16.9. The van der Waals surface area contributed by atoms with Gasteiger partial charge in [-0.1, -0.05) is 0 Å². The van der Waals surface area contributed by atoms with Crippen LogP contribution >= 0.6 is 0 Å². The summed E-state index contributed by atoms with van der Waals surface area (Å²) in [5.74, 6) is -1.34. The van der Waals surface area contributed by atoms with Crippen LogP contribution in [0.1, 0.15) is 36.5 Å². The third kappa shape index (κ3) is 4.51. The fourth-order valence-corrected chi connectivity index (χ4v) is 2.91. The number of carboxylic acid groups (broad SMARTS) is 1. The molecule has 1 aliphatic rings. The highest BCUT2D eigenvalue weighted by molar-refractivity contribution is 5.93. The zero-order valence-corrected chi connectivity index (χ0v) is 13.1. The average molecular weight is 319 g/mol. The first-order valence-corrected chi connectivity index (χ1v) is 7.67. The summed E-state index contributed by atoms with van der Waals surface area (Å²) in [5.41, 5.74) is 0.542. The van der Waals surface area contributed by atoms with Crippen LogP contribution in [-0.2, 0) is 9.59 Å². The number of carbonyl (C=O) groups is 3.